The highest BCUT2D eigenvalue weighted by atomic mass is 32.2. The summed E-state index contributed by atoms with van der Waals surface area (Å²) in [6.45, 7) is 4.59. The minimum Gasteiger partial charge on any atom is -0.497 e. The Morgan fingerprint density at radius 3 is 2.50 bits per heavy atom. The number of aryl methyl sites for hydroxylation is 1. The van der Waals surface area contributed by atoms with Gasteiger partial charge in [0.25, 0.3) is 0 Å². The number of nitrogens with zero attached hydrogens (tertiary/aromatic N) is 1. The van der Waals surface area contributed by atoms with Gasteiger partial charge in [-0.25, -0.2) is 8.42 Å². The van der Waals surface area contributed by atoms with Crippen LogP contribution in [-0.2, 0) is 10.0 Å². The third-order valence-electron chi connectivity index (χ3n) is 2.73. The molecule has 0 radical (unpaired) electrons. The molecule has 102 valence electrons. The molecule has 1 aromatic carbocycles. The molecule has 0 heterocycles. The van der Waals surface area contributed by atoms with E-state index >= 15 is 0 Å². The number of rotatable bonds is 6. The van der Waals surface area contributed by atoms with Crippen molar-refractivity contribution in [2.75, 3.05) is 26.7 Å². The number of hydrogen-bond acceptors (Lipinski definition) is 4. The first-order valence-corrected chi connectivity index (χ1v) is 7.26. The van der Waals surface area contributed by atoms with Gasteiger partial charge in [0.15, 0.2) is 0 Å². The Morgan fingerprint density at radius 1 is 1.39 bits per heavy atom. The van der Waals surface area contributed by atoms with Gasteiger partial charge in [0.1, 0.15) is 5.75 Å². The Morgan fingerprint density at radius 2 is 2.06 bits per heavy atom. The van der Waals surface area contributed by atoms with E-state index in [1.54, 1.807) is 39.2 Å². The maximum absolute atomic E-state index is 12.4. The summed E-state index contributed by atoms with van der Waals surface area (Å²) in [6, 6.07) is 4.93. The van der Waals surface area contributed by atoms with Crippen molar-refractivity contribution in [3.8, 4) is 5.75 Å². The lowest BCUT2D eigenvalue weighted by atomic mass is 10.2. The second kappa shape index (κ2) is 6.17. The number of hydrogen-bond donors (Lipinski definition) is 1. The molecule has 0 amide bonds. The van der Waals surface area contributed by atoms with E-state index in [0.29, 0.717) is 35.8 Å². The molecule has 0 aliphatic rings. The molecule has 0 unspecified atom stereocenters. The van der Waals surface area contributed by atoms with Gasteiger partial charge in [-0.2, -0.15) is 4.31 Å². The van der Waals surface area contributed by atoms with Crippen molar-refractivity contribution in [3.05, 3.63) is 23.8 Å². The highest BCUT2D eigenvalue weighted by Crippen LogP contribution is 2.23. The summed E-state index contributed by atoms with van der Waals surface area (Å²) < 4.78 is 31.3. The fourth-order valence-corrected chi connectivity index (χ4v) is 3.44. The van der Waals surface area contributed by atoms with Gasteiger partial charge in [-0.15, -0.1) is 0 Å². The van der Waals surface area contributed by atoms with Crippen molar-refractivity contribution >= 4 is 10.0 Å². The molecule has 0 fully saturated rings. The molecule has 0 aliphatic heterocycles. The van der Waals surface area contributed by atoms with Gasteiger partial charge in [0.05, 0.1) is 12.0 Å². The van der Waals surface area contributed by atoms with Crippen LogP contribution in [0.1, 0.15) is 12.5 Å². The molecule has 1 aromatic rings. The first-order valence-electron chi connectivity index (χ1n) is 5.82. The maximum atomic E-state index is 12.4. The minimum atomic E-state index is -3.47. The molecule has 6 heteroatoms. The Kier molecular flexibility index (Phi) is 5.13. The van der Waals surface area contributed by atoms with E-state index in [-0.39, 0.29) is 0 Å². The van der Waals surface area contributed by atoms with Gasteiger partial charge < -0.3 is 10.5 Å². The van der Waals surface area contributed by atoms with Gasteiger partial charge in [-0.1, -0.05) is 6.92 Å². The predicted molar refractivity (Wildman–Crippen MR) is 71.2 cm³/mol. The van der Waals surface area contributed by atoms with E-state index in [2.05, 4.69) is 0 Å². The monoisotopic (exact) mass is 272 g/mol. The highest BCUT2D eigenvalue weighted by Gasteiger charge is 2.24. The van der Waals surface area contributed by atoms with Crippen LogP contribution in [0, 0.1) is 6.92 Å². The van der Waals surface area contributed by atoms with Crippen LogP contribution in [0.5, 0.6) is 5.75 Å². The second-order valence-corrected chi connectivity index (χ2v) is 5.82. The fraction of sp³-hybridized carbons (Fsp3) is 0.500. The van der Waals surface area contributed by atoms with Crippen molar-refractivity contribution in [2.24, 2.45) is 5.73 Å². The summed E-state index contributed by atoms with van der Waals surface area (Å²) in [7, 11) is -1.92. The van der Waals surface area contributed by atoms with E-state index in [1.165, 1.54) is 4.31 Å². The lowest BCUT2D eigenvalue weighted by Crippen LogP contribution is -2.35. The Labute approximate surface area is 109 Å². The lowest BCUT2D eigenvalue weighted by Gasteiger charge is -2.21. The fourth-order valence-electron chi connectivity index (χ4n) is 1.77. The zero-order chi connectivity index (χ0) is 13.8. The number of benzene rings is 1. The zero-order valence-corrected chi connectivity index (χ0v) is 11.8. The zero-order valence-electron chi connectivity index (χ0n) is 11.0. The molecule has 0 atom stereocenters. The van der Waals surface area contributed by atoms with Gasteiger partial charge in [-0.05, 0) is 30.7 Å². The summed E-state index contributed by atoms with van der Waals surface area (Å²) >= 11 is 0. The SMILES string of the molecule is CCN(CCN)S(=O)(=O)c1ccc(OC)cc1C. The minimum absolute atomic E-state index is 0.304. The third kappa shape index (κ3) is 3.01. The van der Waals surface area contributed by atoms with E-state index in [0.717, 1.165) is 0 Å². The number of nitrogens with two attached hydrogens (primary N) is 1. The van der Waals surface area contributed by atoms with Gasteiger partial charge in [-0.3, -0.25) is 0 Å². The number of likely N-dealkylation sites (N-methyl/N-ethyl adjacent to an activating group) is 1. The molecule has 0 saturated heterocycles. The quantitative estimate of drug-likeness (QED) is 0.837. The Hall–Kier alpha value is -1.11. The summed E-state index contributed by atoms with van der Waals surface area (Å²) in [5, 5.41) is 0. The Bertz CT molecular complexity index is 500. The average molecular weight is 272 g/mol. The normalized spacial score (nSPS) is 11.8. The highest BCUT2D eigenvalue weighted by molar-refractivity contribution is 7.89. The van der Waals surface area contributed by atoms with Crippen LogP contribution in [-0.4, -0.2) is 39.5 Å². The molecular formula is C12H20N2O3S. The smallest absolute Gasteiger partial charge is 0.243 e. The van der Waals surface area contributed by atoms with Crippen molar-refractivity contribution in [2.45, 2.75) is 18.7 Å². The predicted octanol–water partition coefficient (Wildman–Crippen LogP) is 0.973. The standard InChI is InChI=1S/C12H20N2O3S/c1-4-14(8-7-13)18(15,16)12-6-5-11(17-3)9-10(12)2/h5-6,9H,4,7-8,13H2,1-3H3. The summed E-state index contributed by atoms with van der Waals surface area (Å²) in [6.07, 6.45) is 0. The molecule has 0 spiro atoms. The van der Waals surface area contributed by atoms with Crippen molar-refractivity contribution < 1.29 is 13.2 Å². The topological polar surface area (TPSA) is 72.6 Å². The molecule has 0 aromatic heterocycles. The number of ether oxygens (including phenoxy) is 1. The van der Waals surface area contributed by atoms with Crippen molar-refractivity contribution in [1.29, 1.82) is 0 Å². The molecule has 18 heavy (non-hydrogen) atoms. The molecule has 1 rings (SSSR count). The van der Waals surface area contributed by atoms with E-state index in [1.807, 2.05) is 0 Å². The average Bonchev–Trinajstić information content (AvgIpc) is 2.35. The van der Waals surface area contributed by atoms with E-state index in [9.17, 15) is 8.42 Å². The molecule has 5 nitrogen and oxygen atoms in total. The first-order chi connectivity index (χ1) is 8.47. The summed E-state index contributed by atoms with van der Waals surface area (Å²) in [5.74, 6) is 0.647. The number of methoxy groups -OCH3 is 1. The maximum Gasteiger partial charge on any atom is 0.243 e. The molecular weight excluding hydrogens is 252 g/mol. The largest absolute Gasteiger partial charge is 0.497 e. The third-order valence-corrected chi connectivity index (χ3v) is 4.87. The molecule has 0 bridgehead atoms. The van der Waals surface area contributed by atoms with E-state index in [4.69, 9.17) is 10.5 Å². The van der Waals surface area contributed by atoms with Crippen LogP contribution in [0.15, 0.2) is 23.1 Å². The summed E-state index contributed by atoms with van der Waals surface area (Å²) in [5.41, 5.74) is 6.11. The first kappa shape index (κ1) is 14.9. The van der Waals surface area contributed by atoms with Crippen molar-refractivity contribution in [3.63, 3.8) is 0 Å². The Balaban J connectivity index is 3.19. The molecule has 2 N–H and O–H groups in total. The molecule has 0 aliphatic carbocycles. The van der Waals surface area contributed by atoms with Crippen LogP contribution in [0.2, 0.25) is 0 Å². The van der Waals surface area contributed by atoms with Gasteiger partial charge in [0.2, 0.25) is 10.0 Å². The van der Waals surface area contributed by atoms with Crippen LogP contribution in [0.4, 0.5) is 0 Å². The van der Waals surface area contributed by atoms with Crippen LogP contribution in [0.25, 0.3) is 0 Å². The van der Waals surface area contributed by atoms with Gasteiger partial charge in [0, 0.05) is 19.6 Å². The van der Waals surface area contributed by atoms with E-state index < -0.39 is 10.0 Å². The van der Waals surface area contributed by atoms with Gasteiger partial charge >= 0.3 is 0 Å². The number of sulfonamides is 1. The second-order valence-electron chi connectivity index (χ2n) is 3.92. The van der Waals surface area contributed by atoms with Crippen LogP contribution >= 0.6 is 0 Å². The van der Waals surface area contributed by atoms with Crippen LogP contribution < -0.4 is 10.5 Å². The molecule has 0 saturated carbocycles. The van der Waals surface area contributed by atoms with Crippen molar-refractivity contribution in [1.82, 2.24) is 4.31 Å². The van der Waals surface area contributed by atoms with Crippen LogP contribution in [0.3, 0.4) is 0 Å². The summed E-state index contributed by atoms with van der Waals surface area (Å²) in [4.78, 5) is 0.304. The lowest BCUT2D eigenvalue weighted by molar-refractivity contribution is 0.413.